The maximum Gasteiger partial charge on any atom is 0.151 e. The lowest BCUT2D eigenvalue weighted by Crippen LogP contribution is -2.33. The van der Waals surface area contributed by atoms with E-state index in [2.05, 4.69) is 5.18 Å². The largest absolute Gasteiger partial charge is 0.320 e. The highest BCUT2D eigenvalue weighted by atomic mass is 16.3. The molecule has 0 rings (SSSR count). The minimum Gasteiger partial charge on any atom is -0.320 e. The minimum absolute atomic E-state index is 0.0974. The summed E-state index contributed by atoms with van der Waals surface area (Å²) >= 11 is 0. The Bertz CT molecular complexity index is 158. The van der Waals surface area contributed by atoms with Crippen molar-refractivity contribution in [3.8, 4) is 0 Å². The molecular formula is C6H10N2O3. The zero-order valence-corrected chi connectivity index (χ0v) is 6.03. The summed E-state index contributed by atoms with van der Waals surface area (Å²) < 4.78 is 0. The second kappa shape index (κ2) is 5.67. The van der Waals surface area contributed by atoms with Crippen molar-refractivity contribution in [2.24, 2.45) is 10.9 Å². The average Bonchev–Trinajstić information content (AvgIpc) is 2.00. The molecule has 0 saturated carbocycles. The first-order valence-electron chi connectivity index (χ1n) is 3.23. The molecule has 0 heterocycles. The first kappa shape index (κ1) is 9.90. The van der Waals surface area contributed by atoms with Gasteiger partial charge in [-0.15, -0.1) is 0 Å². The number of carbonyl (C=O) groups is 2. The average molecular weight is 158 g/mol. The van der Waals surface area contributed by atoms with Crippen LogP contribution in [0.3, 0.4) is 0 Å². The van der Waals surface area contributed by atoms with E-state index in [4.69, 9.17) is 5.73 Å². The first-order chi connectivity index (χ1) is 5.22. The van der Waals surface area contributed by atoms with Crippen LogP contribution in [0.4, 0.5) is 0 Å². The molecule has 2 N–H and O–H groups in total. The van der Waals surface area contributed by atoms with E-state index >= 15 is 0 Å². The first-order valence-corrected chi connectivity index (χ1v) is 3.23. The number of nitrogens with two attached hydrogens (primary N) is 1. The van der Waals surface area contributed by atoms with Crippen molar-refractivity contribution in [3.05, 3.63) is 4.91 Å². The van der Waals surface area contributed by atoms with E-state index in [0.29, 0.717) is 6.29 Å². The molecule has 0 aromatic rings. The Morgan fingerprint density at radius 1 is 1.64 bits per heavy atom. The van der Waals surface area contributed by atoms with Crippen LogP contribution in [0, 0.1) is 4.91 Å². The molecule has 5 heteroatoms. The summed E-state index contributed by atoms with van der Waals surface area (Å²) in [4.78, 5) is 30.3. The number of aldehydes is 1. The smallest absolute Gasteiger partial charge is 0.151 e. The molecule has 0 aliphatic heterocycles. The number of nitroso groups, excluding NO2 is 1. The van der Waals surface area contributed by atoms with Crippen molar-refractivity contribution in [3.63, 3.8) is 0 Å². The number of nitrogens with zero attached hydrogens (tertiary/aromatic N) is 1. The normalized spacial score (nSPS) is 12.1. The third-order valence-corrected chi connectivity index (χ3v) is 1.19. The van der Waals surface area contributed by atoms with E-state index < -0.39 is 6.04 Å². The Labute approximate surface area is 63.9 Å². The van der Waals surface area contributed by atoms with Crippen LogP contribution < -0.4 is 5.73 Å². The fraction of sp³-hybridized carbons (Fsp3) is 0.667. The van der Waals surface area contributed by atoms with Crippen LogP contribution in [0.2, 0.25) is 0 Å². The summed E-state index contributed by atoms with van der Waals surface area (Å²) in [5, 5.41) is 2.48. The summed E-state index contributed by atoms with van der Waals surface area (Å²) in [5.41, 5.74) is 5.21. The summed E-state index contributed by atoms with van der Waals surface area (Å²) in [6.07, 6.45) is 0.893. The fourth-order valence-electron chi connectivity index (χ4n) is 0.569. The zero-order chi connectivity index (χ0) is 8.69. The van der Waals surface area contributed by atoms with Crippen molar-refractivity contribution >= 4 is 12.1 Å². The van der Waals surface area contributed by atoms with Crippen LogP contribution in [-0.2, 0) is 9.59 Å². The van der Waals surface area contributed by atoms with Gasteiger partial charge in [0.05, 0.1) is 6.04 Å². The van der Waals surface area contributed by atoms with Gasteiger partial charge in [-0.1, -0.05) is 5.18 Å². The number of carbonyl (C=O) groups excluding carboxylic acids is 2. The standard InChI is InChI=1S/C6H10N2O3/c7-5(4-8-11)6(10)2-1-3-9/h3,5H,1-2,4,7H2. The van der Waals surface area contributed by atoms with Gasteiger partial charge in [-0.2, -0.15) is 4.91 Å². The number of hydrogen-bond acceptors (Lipinski definition) is 5. The number of rotatable bonds is 6. The van der Waals surface area contributed by atoms with Gasteiger partial charge in [0.25, 0.3) is 0 Å². The molecule has 0 amide bonds. The van der Waals surface area contributed by atoms with Crippen molar-refractivity contribution in [2.75, 3.05) is 6.54 Å². The van der Waals surface area contributed by atoms with E-state index in [-0.39, 0.29) is 25.2 Å². The highest BCUT2D eigenvalue weighted by Gasteiger charge is 2.12. The highest BCUT2D eigenvalue weighted by molar-refractivity contribution is 5.85. The lowest BCUT2D eigenvalue weighted by Gasteiger charge is -2.02. The van der Waals surface area contributed by atoms with Crippen LogP contribution in [0.5, 0.6) is 0 Å². The van der Waals surface area contributed by atoms with Crippen LogP contribution in [-0.4, -0.2) is 24.7 Å². The zero-order valence-electron chi connectivity index (χ0n) is 6.03. The molecule has 0 aliphatic carbocycles. The van der Waals surface area contributed by atoms with E-state index in [1.165, 1.54) is 0 Å². The van der Waals surface area contributed by atoms with Gasteiger partial charge in [-0.05, 0) is 0 Å². The summed E-state index contributed by atoms with van der Waals surface area (Å²) in [6.45, 7) is -0.211. The molecule has 0 spiro atoms. The Morgan fingerprint density at radius 2 is 2.27 bits per heavy atom. The number of ketones is 1. The molecule has 0 bridgehead atoms. The van der Waals surface area contributed by atoms with Gasteiger partial charge in [0.15, 0.2) is 5.78 Å². The predicted octanol–water partition coefficient (Wildman–Crippen LogP) is -0.372. The lowest BCUT2D eigenvalue weighted by molar-refractivity contribution is -0.121. The molecule has 0 aliphatic rings. The SMILES string of the molecule is NC(CN=O)C(=O)CCC=O. The second-order valence-electron chi connectivity index (χ2n) is 2.09. The van der Waals surface area contributed by atoms with Crippen molar-refractivity contribution in [2.45, 2.75) is 18.9 Å². The molecule has 0 saturated heterocycles. The van der Waals surface area contributed by atoms with Crippen molar-refractivity contribution in [1.29, 1.82) is 0 Å². The monoisotopic (exact) mass is 158 g/mol. The summed E-state index contributed by atoms with van der Waals surface area (Å²) in [7, 11) is 0. The highest BCUT2D eigenvalue weighted by Crippen LogP contribution is 1.92. The maximum atomic E-state index is 10.8. The molecule has 0 radical (unpaired) electrons. The Morgan fingerprint density at radius 3 is 2.73 bits per heavy atom. The van der Waals surface area contributed by atoms with Gasteiger partial charge in [-0.3, -0.25) is 4.79 Å². The van der Waals surface area contributed by atoms with Gasteiger partial charge in [-0.25, -0.2) is 0 Å². The van der Waals surface area contributed by atoms with Crippen LogP contribution in [0.15, 0.2) is 5.18 Å². The quantitative estimate of drug-likeness (QED) is 0.421. The van der Waals surface area contributed by atoms with E-state index in [0.717, 1.165) is 0 Å². The Kier molecular flexibility index (Phi) is 5.10. The molecule has 62 valence electrons. The van der Waals surface area contributed by atoms with Crippen LogP contribution in [0.1, 0.15) is 12.8 Å². The minimum atomic E-state index is -0.840. The van der Waals surface area contributed by atoms with Gasteiger partial charge >= 0.3 is 0 Å². The maximum absolute atomic E-state index is 10.8. The van der Waals surface area contributed by atoms with Gasteiger partial charge in [0.2, 0.25) is 0 Å². The number of Topliss-reactive ketones (excluding diaryl/α,β-unsaturated/α-hetero) is 1. The van der Waals surface area contributed by atoms with Crippen molar-refractivity contribution < 1.29 is 9.59 Å². The third-order valence-electron chi connectivity index (χ3n) is 1.19. The molecule has 0 fully saturated rings. The van der Waals surface area contributed by atoms with Gasteiger partial charge in [0, 0.05) is 12.8 Å². The molecule has 0 aromatic carbocycles. The topological polar surface area (TPSA) is 89.6 Å². The van der Waals surface area contributed by atoms with Crippen molar-refractivity contribution in [1.82, 2.24) is 0 Å². The fourth-order valence-corrected chi connectivity index (χ4v) is 0.569. The van der Waals surface area contributed by atoms with E-state index in [9.17, 15) is 14.5 Å². The summed E-state index contributed by atoms with van der Waals surface area (Å²) in [5.74, 6) is -0.295. The second-order valence-corrected chi connectivity index (χ2v) is 2.09. The summed E-state index contributed by atoms with van der Waals surface area (Å²) in [6, 6.07) is -0.840. The third kappa shape index (κ3) is 4.32. The Hall–Kier alpha value is -1.10. The molecule has 5 nitrogen and oxygen atoms in total. The van der Waals surface area contributed by atoms with E-state index in [1.807, 2.05) is 0 Å². The Balaban J connectivity index is 3.62. The van der Waals surface area contributed by atoms with Gasteiger partial charge < -0.3 is 10.5 Å². The molecule has 1 unspecified atom stereocenters. The molecule has 1 atom stereocenters. The predicted molar refractivity (Wildman–Crippen MR) is 38.9 cm³/mol. The van der Waals surface area contributed by atoms with Gasteiger partial charge in [0.1, 0.15) is 12.8 Å². The number of hydrogen-bond donors (Lipinski definition) is 1. The van der Waals surface area contributed by atoms with Crippen LogP contribution in [0.25, 0.3) is 0 Å². The molecule has 0 aromatic heterocycles. The molecule has 11 heavy (non-hydrogen) atoms. The van der Waals surface area contributed by atoms with E-state index in [1.54, 1.807) is 0 Å². The lowest BCUT2D eigenvalue weighted by atomic mass is 10.1. The molecular weight excluding hydrogens is 148 g/mol. The van der Waals surface area contributed by atoms with Crippen LogP contribution >= 0.6 is 0 Å².